The lowest BCUT2D eigenvalue weighted by Crippen LogP contribution is -2.02. The molecule has 242 valence electrons. The van der Waals surface area contributed by atoms with Gasteiger partial charge in [-0.15, -0.1) is 11.3 Å². The summed E-state index contributed by atoms with van der Waals surface area (Å²) in [6, 6.07) is 60.0. The second-order valence-electron chi connectivity index (χ2n) is 13.2. The summed E-state index contributed by atoms with van der Waals surface area (Å²) >= 11 is 1.84. The zero-order chi connectivity index (χ0) is 34.2. The van der Waals surface area contributed by atoms with Crippen LogP contribution in [-0.2, 0) is 0 Å². The molecule has 0 unspecified atom stereocenters. The van der Waals surface area contributed by atoms with E-state index in [-0.39, 0.29) is 0 Å². The van der Waals surface area contributed by atoms with Crippen molar-refractivity contribution >= 4 is 75.0 Å². The van der Waals surface area contributed by atoms with Gasteiger partial charge in [0.05, 0.1) is 27.9 Å². The lowest BCUT2D eigenvalue weighted by molar-refractivity contribution is 1.05. The molecule has 0 spiro atoms. The molecule has 0 saturated heterocycles. The summed E-state index contributed by atoms with van der Waals surface area (Å²) in [5, 5.41) is 8.44. The molecule has 4 aromatic heterocycles. The number of rotatable bonds is 4. The molecular weight excluding hydrogens is 653 g/mol. The van der Waals surface area contributed by atoms with Crippen LogP contribution < -0.4 is 0 Å². The summed E-state index contributed by atoms with van der Waals surface area (Å²) in [7, 11) is 0. The summed E-state index contributed by atoms with van der Waals surface area (Å²) in [6.45, 7) is 0. The average molecular weight is 681 g/mol. The minimum Gasteiger partial charge on any atom is -0.294 e. The summed E-state index contributed by atoms with van der Waals surface area (Å²) in [5.74, 6) is 1.53. The SMILES string of the molecule is c1ccc(-c2nc(-c3ccc4sc5ccc6c(-c7ccccc7)nc7ccccc7c6c5c4c3)cc(-n3c4ccccc4c4ccccc43)n2)cc1. The van der Waals surface area contributed by atoms with Crippen molar-refractivity contribution in [2.75, 3.05) is 0 Å². The van der Waals surface area contributed by atoms with E-state index in [1.54, 1.807) is 0 Å². The van der Waals surface area contributed by atoms with Crippen molar-refractivity contribution in [2.45, 2.75) is 0 Å². The zero-order valence-corrected chi connectivity index (χ0v) is 28.7. The van der Waals surface area contributed by atoms with Crippen molar-refractivity contribution in [2.24, 2.45) is 0 Å². The molecule has 0 radical (unpaired) electrons. The summed E-state index contributed by atoms with van der Waals surface area (Å²) in [5.41, 5.74) is 8.26. The Bertz CT molecular complexity index is 3130. The number of hydrogen-bond acceptors (Lipinski definition) is 4. The highest BCUT2D eigenvalue weighted by Crippen LogP contribution is 2.44. The number of benzene rings is 7. The molecular formula is C47H28N4S. The average Bonchev–Trinajstić information content (AvgIpc) is 3.76. The zero-order valence-electron chi connectivity index (χ0n) is 27.9. The first-order valence-electron chi connectivity index (χ1n) is 17.5. The predicted octanol–water partition coefficient (Wildman–Crippen LogP) is 12.6. The highest BCUT2D eigenvalue weighted by atomic mass is 32.1. The second kappa shape index (κ2) is 11.4. The Hall–Kier alpha value is -6.69. The van der Waals surface area contributed by atoms with E-state index in [0.29, 0.717) is 5.82 Å². The molecule has 0 atom stereocenters. The minimum absolute atomic E-state index is 0.695. The molecule has 0 saturated carbocycles. The van der Waals surface area contributed by atoms with E-state index in [1.165, 1.54) is 36.3 Å². The van der Waals surface area contributed by atoms with Gasteiger partial charge in [-0.05, 0) is 36.4 Å². The van der Waals surface area contributed by atoms with Gasteiger partial charge >= 0.3 is 0 Å². The summed E-state index contributed by atoms with van der Waals surface area (Å²) in [6.07, 6.45) is 0. The predicted molar refractivity (Wildman–Crippen MR) is 218 cm³/mol. The molecule has 11 rings (SSSR count). The van der Waals surface area contributed by atoms with Crippen molar-refractivity contribution in [3.05, 3.63) is 170 Å². The van der Waals surface area contributed by atoms with Crippen LogP contribution in [0, 0.1) is 0 Å². The quantitative estimate of drug-likeness (QED) is 0.174. The van der Waals surface area contributed by atoms with Crippen molar-refractivity contribution in [1.29, 1.82) is 0 Å². The van der Waals surface area contributed by atoms with Crippen molar-refractivity contribution in [3.63, 3.8) is 0 Å². The van der Waals surface area contributed by atoms with E-state index in [9.17, 15) is 0 Å². The first-order valence-corrected chi connectivity index (χ1v) is 18.3. The van der Waals surface area contributed by atoms with E-state index < -0.39 is 0 Å². The third kappa shape index (κ3) is 4.43. The fraction of sp³-hybridized carbons (Fsp3) is 0. The van der Waals surface area contributed by atoms with Gasteiger partial charge in [0.1, 0.15) is 5.82 Å². The van der Waals surface area contributed by atoms with Crippen LogP contribution >= 0.6 is 11.3 Å². The smallest absolute Gasteiger partial charge is 0.162 e. The molecule has 0 amide bonds. The Morgan fingerprint density at radius 3 is 1.79 bits per heavy atom. The van der Waals surface area contributed by atoms with Crippen LogP contribution in [0.15, 0.2) is 170 Å². The molecule has 4 heterocycles. The fourth-order valence-corrected chi connectivity index (χ4v) is 8.96. The van der Waals surface area contributed by atoms with Crippen LogP contribution in [0.2, 0.25) is 0 Å². The minimum atomic E-state index is 0.695. The van der Waals surface area contributed by atoms with Gasteiger partial charge in [-0.3, -0.25) is 4.57 Å². The van der Waals surface area contributed by atoms with E-state index in [4.69, 9.17) is 15.0 Å². The standard InChI is InChI=1S/C47H28N4S/c1-3-13-29(14-4-1)46-35-24-26-42-45(44(35)34-19-7-10-20-37(34)48-46)36-27-31(23-25-41(36)52-42)38-28-43(50-47(49-38)30-15-5-2-6-16-30)51-39-21-11-8-17-32(39)33-18-9-12-22-40(33)51/h1-28H. The Morgan fingerprint density at radius 2 is 1.04 bits per heavy atom. The van der Waals surface area contributed by atoms with Crippen molar-refractivity contribution in [1.82, 2.24) is 19.5 Å². The molecule has 0 aliphatic rings. The molecule has 11 aromatic rings. The van der Waals surface area contributed by atoms with E-state index in [0.717, 1.165) is 61.2 Å². The largest absolute Gasteiger partial charge is 0.294 e. The maximum atomic E-state index is 5.25. The van der Waals surface area contributed by atoms with Crippen LogP contribution in [0.4, 0.5) is 0 Å². The number of para-hydroxylation sites is 3. The monoisotopic (exact) mass is 680 g/mol. The second-order valence-corrected chi connectivity index (χ2v) is 14.3. The lowest BCUT2D eigenvalue weighted by Gasteiger charge is -2.13. The van der Waals surface area contributed by atoms with E-state index in [1.807, 2.05) is 29.5 Å². The van der Waals surface area contributed by atoms with Crippen LogP contribution in [0.5, 0.6) is 0 Å². The van der Waals surface area contributed by atoms with Crippen LogP contribution in [-0.4, -0.2) is 19.5 Å². The third-order valence-corrected chi connectivity index (χ3v) is 11.3. The summed E-state index contributed by atoms with van der Waals surface area (Å²) < 4.78 is 4.78. The normalized spacial score (nSPS) is 11.8. The van der Waals surface area contributed by atoms with Gasteiger partial charge in [0, 0.05) is 69.9 Å². The molecule has 52 heavy (non-hydrogen) atoms. The van der Waals surface area contributed by atoms with Crippen LogP contribution in [0.3, 0.4) is 0 Å². The van der Waals surface area contributed by atoms with Crippen LogP contribution in [0.25, 0.3) is 103 Å². The van der Waals surface area contributed by atoms with Gasteiger partial charge in [-0.2, -0.15) is 0 Å². The van der Waals surface area contributed by atoms with Gasteiger partial charge in [-0.25, -0.2) is 15.0 Å². The Balaban J connectivity index is 1.20. The van der Waals surface area contributed by atoms with E-state index in [2.05, 4.69) is 156 Å². The molecule has 0 N–H and O–H groups in total. The van der Waals surface area contributed by atoms with Crippen molar-refractivity contribution < 1.29 is 0 Å². The molecule has 5 heteroatoms. The molecule has 0 aliphatic carbocycles. The van der Waals surface area contributed by atoms with Gasteiger partial charge in [0.15, 0.2) is 5.82 Å². The number of nitrogens with zero attached hydrogens (tertiary/aromatic N) is 4. The molecule has 7 aromatic carbocycles. The maximum absolute atomic E-state index is 5.25. The molecule has 0 aliphatic heterocycles. The molecule has 0 bridgehead atoms. The Morgan fingerprint density at radius 1 is 0.404 bits per heavy atom. The first kappa shape index (κ1) is 29.1. The van der Waals surface area contributed by atoms with Gasteiger partial charge in [0.25, 0.3) is 0 Å². The van der Waals surface area contributed by atoms with Gasteiger partial charge < -0.3 is 0 Å². The highest BCUT2D eigenvalue weighted by molar-refractivity contribution is 7.26. The van der Waals surface area contributed by atoms with Crippen LogP contribution in [0.1, 0.15) is 0 Å². The Labute approximate surface area is 302 Å². The van der Waals surface area contributed by atoms with Gasteiger partial charge in [-0.1, -0.05) is 127 Å². The number of hydrogen-bond donors (Lipinski definition) is 0. The highest BCUT2D eigenvalue weighted by Gasteiger charge is 2.19. The number of thiophene rings is 1. The van der Waals surface area contributed by atoms with E-state index >= 15 is 0 Å². The third-order valence-electron chi connectivity index (χ3n) is 10.2. The number of pyridine rings is 1. The summed E-state index contributed by atoms with van der Waals surface area (Å²) in [4.78, 5) is 15.7. The molecule has 4 nitrogen and oxygen atoms in total. The van der Waals surface area contributed by atoms with Crippen molar-refractivity contribution in [3.8, 4) is 39.7 Å². The Kier molecular flexibility index (Phi) is 6.39. The number of fused-ring (bicyclic) bond motifs is 10. The lowest BCUT2D eigenvalue weighted by atomic mass is 9.95. The topological polar surface area (TPSA) is 43.6 Å². The van der Waals surface area contributed by atoms with Gasteiger partial charge in [0.2, 0.25) is 0 Å². The number of aromatic nitrogens is 4. The fourth-order valence-electron chi connectivity index (χ4n) is 7.87. The maximum Gasteiger partial charge on any atom is 0.162 e. The first-order chi connectivity index (χ1) is 25.8. The molecule has 0 fully saturated rings.